The van der Waals surface area contributed by atoms with Crippen LogP contribution in [0.1, 0.15) is 27.2 Å². The van der Waals surface area contributed by atoms with Gasteiger partial charge >= 0.3 is 0 Å². The first-order chi connectivity index (χ1) is 4.99. The van der Waals surface area contributed by atoms with Crippen LogP contribution in [-0.4, -0.2) is 30.5 Å². The monoisotopic (exact) mass is 160 g/mol. The Balaban J connectivity index is 3.51. The van der Waals surface area contributed by atoms with Crippen LogP contribution in [0.4, 0.5) is 0 Å². The Labute approximate surface area is 69.2 Å². The fourth-order valence-electron chi connectivity index (χ4n) is 0.823. The molecule has 0 amide bonds. The third-order valence-corrected chi connectivity index (χ3v) is 1.68. The topological polar surface area (TPSA) is 44.3 Å². The summed E-state index contributed by atoms with van der Waals surface area (Å²) < 4.78 is 0. The van der Waals surface area contributed by atoms with Crippen molar-refractivity contribution >= 4 is 0 Å². The molecule has 0 aromatic rings. The van der Waals surface area contributed by atoms with Gasteiger partial charge in [0.1, 0.15) is 5.72 Å². The Morgan fingerprint density at radius 3 is 2.27 bits per heavy atom. The van der Waals surface area contributed by atoms with E-state index in [0.29, 0.717) is 6.04 Å². The van der Waals surface area contributed by atoms with E-state index >= 15 is 0 Å². The molecule has 1 unspecified atom stereocenters. The third-order valence-electron chi connectivity index (χ3n) is 1.68. The van der Waals surface area contributed by atoms with Gasteiger partial charge in [-0.3, -0.25) is 5.32 Å². The number of hydrogen-bond donors (Lipinski definition) is 3. The fraction of sp³-hybridized carbons (Fsp3) is 1.00. The van der Waals surface area contributed by atoms with Gasteiger partial charge in [-0.1, -0.05) is 6.92 Å². The van der Waals surface area contributed by atoms with E-state index < -0.39 is 5.72 Å². The molecule has 0 saturated carbocycles. The zero-order chi connectivity index (χ0) is 8.91. The minimum Gasteiger partial charge on any atom is -0.376 e. The Morgan fingerprint density at radius 1 is 1.45 bits per heavy atom. The summed E-state index contributed by atoms with van der Waals surface area (Å²) in [4.78, 5) is 0. The molecule has 3 N–H and O–H groups in total. The molecule has 0 spiro atoms. The first-order valence-electron chi connectivity index (χ1n) is 4.14. The molecule has 0 aromatic heterocycles. The Kier molecular flexibility index (Phi) is 4.65. The van der Waals surface area contributed by atoms with Crippen LogP contribution in [0.2, 0.25) is 0 Å². The number of nitrogens with one attached hydrogen (secondary N) is 2. The molecule has 0 aromatic carbocycles. The van der Waals surface area contributed by atoms with Crippen molar-refractivity contribution in [1.82, 2.24) is 10.6 Å². The van der Waals surface area contributed by atoms with Crippen LogP contribution in [0.25, 0.3) is 0 Å². The normalized spacial score (nSPS) is 15.0. The minimum atomic E-state index is -0.760. The van der Waals surface area contributed by atoms with Crippen LogP contribution >= 0.6 is 0 Å². The van der Waals surface area contributed by atoms with Gasteiger partial charge in [-0.05, 0) is 27.3 Å². The summed E-state index contributed by atoms with van der Waals surface area (Å²) in [6.07, 6.45) is 1.07. The Bertz CT molecular complexity index is 94.8. The van der Waals surface area contributed by atoms with E-state index in [1.54, 1.807) is 13.8 Å². The van der Waals surface area contributed by atoms with Crippen LogP contribution < -0.4 is 10.6 Å². The molecule has 0 radical (unpaired) electrons. The maximum atomic E-state index is 9.32. The summed E-state index contributed by atoms with van der Waals surface area (Å²) in [7, 11) is 1.93. The van der Waals surface area contributed by atoms with Gasteiger partial charge in [0, 0.05) is 12.6 Å². The highest BCUT2D eigenvalue weighted by Crippen LogP contribution is 1.95. The van der Waals surface area contributed by atoms with Crippen molar-refractivity contribution in [2.24, 2.45) is 0 Å². The molecule has 0 bridgehead atoms. The molecule has 1 atom stereocenters. The van der Waals surface area contributed by atoms with E-state index in [0.717, 1.165) is 13.0 Å². The second-order valence-corrected chi connectivity index (χ2v) is 3.33. The summed E-state index contributed by atoms with van der Waals surface area (Å²) in [5, 5.41) is 15.5. The SMILES string of the molecule is CCC(CNC(C)(C)O)NC. The van der Waals surface area contributed by atoms with Crippen molar-refractivity contribution < 1.29 is 5.11 Å². The van der Waals surface area contributed by atoms with Crippen LogP contribution in [0.5, 0.6) is 0 Å². The van der Waals surface area contributed by atoms with Gasteiger partial charge in [0.05, 0.1) is 0 Å². The molecule has 0 fully saturated rings. The molecule has 0 heterocycles. The van der Waals surface area contributed by atoms with E-state index in [2.05, 4.69) is 17.6 Å². The van der Waals surface area contributed by atoms with Gasteiger partial charge in [-0.2, -0.15) is 0 Å². The molecule has 0 rings (SSSR count). The molecule has 0 aliphatic carbocycles. The summed E-state index contributed by atoms with van der Waals surface area (Å²) in [6, 6.07) is 0.446. The molecule has 68 valence electrons. The fourth-order valence-corrected chi connectivity index (χ4v) is 0.823. The van der Waals surface area contributed by atoms with Crippen molar-refractivity contribution in [1.29, 1.82) is 0 Å². The Hall–Kier alpha value is -0.120. The lowest BCUT2D eigenvalue weighted by Crippen LogP contribution is -2.46. The predicted molar refractivity (Wildman–Crippen MR) is 47.4 cm³/mol. The average Bonchev–Trinajstić information content (AvgIpc) is 1.88. The van der Waals surface area contributed by atoms with Gasteiger partial charge in [0.2, 0.25) is 0 Å². The predicted octanol–water partition coefficient (Wildman–Crippen LogP) is 0.302. The standard InChI is InChI=1S/C8H20N2O/c1-5-7(9-4)6-10-8(2,3)11/h7,9-11H,5-6H2,1-4H3. The number of rotatable bonds is 5. The largest absolute Gasteiger partial charge is 0.376 e. The van der Waals surface area contributed by atoms with Gasteiger partial charge < -0.3 is 10.4 Å². The lowest BCUT2D eigenvalue weighted by atomic mass is 10.2. The van der Waals surface area contributed by atoms with E-state index in [1.807, 2.05) is 7.05 Å². The van der Waals surface area contributed by atoms with Gasteiger partial charge in [0.15, 0.2) is 0 Å². The molecule has 0 aliphatic heterocycles. The average molecular weight is 160 g/mol. The second-order valence-electron chi connectivity index (χ2n) is 3.33. The maximum Gasteiger partial charge on any atom is 0.110 e. The quantitative estimate of drug-likeness (QED) is 0.507. The zero-order valence-corrected chi connectivity index (χ0v) is 7.94. The summed E-state index contributed by atoms with van der Waals surface area (Å²) in [5.74, 6) is 0. The smallest absolute Gasteiger partial charge is 0.110 e. The molecular formula is C8H20N2O. The molecule has 3 nitrogen and oxygen atoms in total. The minimum absolute atomic E-state index is 0.446. The van der Waals surface area contributed by atoms with Crippen LogP contribution in [0, 0.1) is 0 Å². The zero-order valence-electron chi connectivity index (χ0n) is 7.94. The number of hydrogen-bond acceptors (Lipinski definition) is 3. The van der Waals surface area contributed by atoms with Crippen molar-refractivity contribution in [3.63, 3.8) is 0 Å². The lowest BCUT2D eigenvalue weighted by Gasteiger charge is -2.23. The van der Waals surface area contributed by atoms with Crippen LogP contribution in [-0.2, 0) is 0 Å². The van der Waals surface area contributed by atoms with E-state index in [9.17, 15) is 5.11 Å². The number of aliphatic hydroxyl groups is 1. The van der Waals surface area contributed by atoms with Crippen molar-refractivity contribution in [2.75, 3.05) is 13.6 Å². The first-order valence-corrected chi connectivity index (χ1v) is 4.14. The second kappa shape index (κ2) is 4.70. The van der Waals surface area contributed by atoms with Crippen molar-refractivity contribution in [3.8, 4) is 0 Å². The highest BCUT2D eigenvalue weighted by Gasteiger charge is 2.12. The molecule has 0 saturated heterocycles. The maximum absolute atomic E-state index is 9.32. The van der Waals surface area contributed by atoms with Gasteiger partial charge in [-0.25, -0.2) is 0 Å². The summed E-state index contributed by atoms with van der Waals surface area (Å²) >= 11 is 0. The van der Waals surface area contributed by atoms with E-state index in [-0.39, 0.29) is 0 Å². The van der Waals surface area contributed by atoms with E-state index in [1.165, 1.54) is 0 Å². The molecule has 3 heteroatoms. The first kappa shape index (κ1) is 10.9. The highest BCUT2D eigenvalue weighted by molar-refractivity contribution is 4.70. The third kappa shape index (κ3) is 6.28. The molecule has 11 heavy (non-hydrogen) atoms. The lowest BCUT2D eigenvalue weighted by molar-refractivity contribution is 0.0413. The van der Waals surface area contributed by atoms with E-state index in [4.69, 9.17) is 0 Å². The molecule has 0 aliphatic rings. The van der Waals surface area contributed by atoms with Crippen LogP contribution in [0.3, 0.4) is 0 Å². The van der Waals surface area contributed by atoms with Crippen LogP contribution in [0.15, 0.2) is 0 Å². The highest BCUT2D eigenvalue weighted by atomic mass is 16.3. The van der Waals surface area contributed by atoms with Gasteiger partial charge in [0.25, 0.3) is 0 Å². The summed E-state index contributed by atoms with van der Waals surface area (Å²) in [5.41, 5.74) is -0.760. The number of likely N-dealkylation sites (N-methyl/N-ethyl adjacent to an activating group) is 1. The van der Waals surface area contributed by atoms with Gasteiger partial charge in [-0.15, -0.1) is 0 Å². The van der Waals surface area contributed by atoms with Crippen molar-refractivity contribution in [2.45, 2.75) is 39.0 Å². The van der Waals surface area contributed by atoms with Crippen molar-refractivity contribution in [3.05, 3.63) is 0 Å². The molecular weight excluding hydrogens is 140 g/mol. The Morgan fingerprint density at radius 2 is 2.00 bits per heavy atom. The summed E-state index contributed by atoms with van der Waals surface area (Å²) in [6.45, 7) is 6.41.